The predicted octanol–water partition coefficient (Wildman–Crippen LogP) is 4.58. The fourth-order valence-electron chi connectivity index (χ4n) is 3.21. The van der Waals surface area contributed by atoms with Gasteiger partial charge in [0.1, 0.15) is 11.9 Å². The third-order valence-electron chi connectivity index (χ3n) is 4.33. The molecule has 0 heterocycles. The van der Waals surface area contributed by atoms with E-state index in [1.54, 1.807) is 0 Å². The minimum atomic E-state index is 0.227. The van der Waals surface area contributed by atoms with Gasteiger partial charge < -0.3 is 10.1 Å². The number of ether oxygens (including phenoxy) is 1. The summed E-state index contributed by atoms with van der Waals surface area (Å²) in [5, 5.41) is 4.12. The summed E-state index contributed by atoms with van der Waals surface area (Å²) in [6.45, 7) is 4.31. The van der Waals surface area contributed by atoms with E-state index in [0.717, 1.165) is 23.1 Å². The average Bonchev–Trinajstić information content (AvgIpc) is 2.43. The van der Waals surface area contributed by atoms with E-state index in [-0.39, 0.29) is 6.10 Å². The highest BCUT2D eigenvalue weighted by atomic mass is 35.5. The minimum absolute atomic E-state index is 0.227. The van der Waals surface area contributed by atoms with Crippen LogP contribution < -0.4 is 10.1 Å². The summed E-state index contributed by atoms with van der Waals surface area (Å²) in [5.41, 5.74) is 1.17. The van der Waals surface area contributed by atoms with Gasteiger partial charge in [0.15, 0.2) is 0 Å². The highest BCUT2D eigenvalue weighted by Gasteiger charge is 2.31. The maximum absolute atomic E-state index is 6.29. The van der Waals surface area contributed by atoms with Gasteiger partial charge in [-0.1, -0.05) is 37.4 Å². The number of likely N-dealkylation sites (N-methyl/N-ethyl adjacent to an activating group) is 1. The molecule has 0 spiro atoms. The molecule has 0 aliphatic heterocycles. The maximum atomic E-state index is 6.29. The SMILES string of the molecule is CCCC1CCC(NC)C(Oc2ccc(C)cc2Cl)C1. The van der Waals surface area contributed by atoms with Gasteiger partial charge >= 0.3 is 0 Å². The molecule has 1 fully saturated rings. The van der Waals surface area contributed by atoms with Crippen molar-refractivity contribution in [3.8, 4) is 5.75 Å². The molecular formula is C17H26ClNO. The first-order chi connectivity index (χ1) is 9.63. The van der Waals surface area contributed by atoms with Crippen LogP contribution in [0.15, 0.2) is 18.2 Å². The van der Waals surface area contributed by atoms with Gasteiger partial charge in [-0.15, -0.1) is 0 Å². The van der Waals surface area contributed by atoms with E-state index in [1.807, 2.05) is 26.1 Å². The fraction of sp³-hybridized carbons (Fsp3) is 0.647. The normalized spacial score (nSPS) is 26.5. The summed E-state index contributed by atoms with van der Waals surface area (Å²) in [6.07, 6.45) is 6.41. The Balaban J connectivity index is 2.07. The lowest BCUT2D eigenvalue weighted by Gasteiger charge is -2.36. The molecule has 0 amide bonds. The van der Waals surface area contributed by atoms with Crippen LogP contribution in [-0.4, -0.2) is 19.2 Å². The molecular weight excluding hydrogens is 270 g/mol. The number of halogens is 1. The van der Waals surface area contributed by atoms with E-state index < -0.39 is 0 Å². The topological polar surface area (TPSA) is 21.3 Å². The molecule has 1 N–H and O–H groups in total. The summed E-state index contributed by atoms with van der Waals surface area (Å²) in [5.74, 6) is 1.61. The molecule has 112 valence electrons. The lowest BCUT2D eigenvalue weighted by molar-refractivity contribution is 0.0867. The van der Waals surface area contributed by atoms with E-state index in [1.165, 1.54) is 31.2 Å². The standard InChI is InChI=1S/C17H26ClNO/c1-4-5-13-7-8-15(19-3)17(11-13)20-16-9-6-12(2)10-14(16)18/h6,9-10,13,15,17,19H,4-5,7-8,11H2,1-3H3. The van der Waals surface area contributed by atoms with Gasteiger partial charge in [0.25, 0.3) is 0 Å². The van der Waals surface area contributed by atoms with E-state index >= 15 is 0 Å². The van der Waals surface area contributed by atoms with Crippen molar-refractivity contribution in [1.29, 1.82) is 0 Å². The Morgan fingerprint density at radius 1 is 1.35 bits per heavy atom. The van der Waals surface area contributed by atoms with Crippen molar-refractivity contribution in [2.75, 3.05) is 7.05 Å². The van der Waals surface area contributed by atoms with Crippen LogP contribution in [0.1, 0.15) is 44.6 Å². The number of hydrogen-bond acceptors (Lipinski definition) is 2. The van der Waals surface area contributed by atoms with Gasteiger partial charge in [-0.05, 0) is 56.8 Å². The summed E-state index contributed by atoms with van der Waals surface area (Å²) in [6, 6.07) is 6.45. The highest BCUT2D eigenvalue weighted by Crippen LogP contribution is 2.33. The third-order valence-corrected chi connectivity index (χ3v) is 4.63. The molecule has 0 radical (unpaired) electrons. The van der Waals surface area contributed by atoms with E-state index in [4.69, 9.17) is 16.3 Å². The van der Waals surface area contributed by atoms with Gasteiger partial charge in [-0.2, -0.15) is 0 Å². The Morgan fingerprint density at radius 3 is 2.80 bits per heavy atom. The Kier molecular flexibility index (Phi) is 5.74. The second-order valence-electron chi connectivity index (χ2n) is 5.95. The zero-order valence-electron chi connectivity index (χ0n) is 12.8. The summed E-state index contributed by atoms with van der Waals surface area (Å²) >= 11 is 6.29. The van der Waals surface area contributed by atoms with Crippen LogP contribution in [0.25, 0.3) is 0 Å². The molecule has 0 saturated heterocycles. The molecule has 3 heteroatoms. The third kappa shape index (κ3) is 3.89. The van der Waals surface area contributed by atoms with Gasteiger partial charge in [-0.25, -0.2) is 0 Å². The minimum Gasteiger partial charge on any atom is -0.487 e. The lowest BCUT2D eigenvalue weighted by Crippen LogP contribution is -2.45. The van der Waals surface area contributed by atoms with Crippen LogP contribution in [0.2, 0.25) is 5.02 Å². The Labute approximate surface area is 127 Å². The monoisotopic (exact) mass is 295 g/mol. The molecule has 1 saturated carbocycles. The quantitative estimate of drug-likeness (QED) is 0.858. The van der Waals surface area contributed by atoms with Crippen LogP contribution >= 0.6 is 11.6 Å². The first-order valence-corrected chi connectivity index (χ1v) is 8.12. The largest absolute Gasteiger partial charge is 0.487 e. The second kappa shape index (κ2) is 7.33. The molecule has 3 atom stereocenters. The van der Waals surface area contributed by atoms with Crippen LogP contribution in [0.5, 0.6) is 5.75 Å². The molecule has 1 aliphatic carbocycles. The van der Waals surface area contributed by atoms with Crippen LogP contribution in [0.3, 0.4) is 0 Å². The van der Waals surface area contributed by atoms with Crippen molar-refractivity contribution in [1.82, 2.24) is 5.32 Å². The molecule has 20 heavy (non-hydrogen) atoms. The van der Waals surface area contributed by atoms with Gasteiger partial charge in [-0.3, -0.25) is 0 Å². The summed E-state index contributed by atoms with van der Waals surface area (Å²) in [7, 11) is 2.03. The van der Waals surface area contributed by atoms with Crippen LogP contribution in [0.4, 0.5) is 0 Å². The Bertz CT molecular complexity index is 435. The van der Waals surface area contributed by atoms with Crippen molar-refractivity contribution in [3.05, 3.63) is 28.8 Å². The molecule has 1 aliphatic rings. The molecule has 1 aromatic carbocycles. The smallest absolute Gasteiger partial charge is 0.138 e. The van der Waals surface area contributed by atoms with Crippen LogP contribution in [0, 0.1) is 12.8 Å². The number of hydrogen-bond donors (Lipinski definition) is 1. The number of benzene rings is 1. The Hall–Kier alpha value is -0.730. The molecule has 3 unspecified atom stereocenters. The molecule has 2 rings (SSSR count). The molecule has 0 bridgehead atoms. The van der Waals surface area contributed by atoms with Crippen molar-refractivity contribution < 1.29 is 4.74 Å². The molecule has 1 aromatic rings. The van der Waals surface area contributed by atoms with Crippen molar-refractivity contribution in [2.45, 2.75) is 58.1 Å². The highest BCUT2D eigenvalue weighted by molar-refractivity contribution is 6.32. The summed E-state index contributed by atoms with van der Waals surface area (Å²) < 4.78 is 6.23. The van der Waals surface area contributed by atoms with Crippen molar-refractivity contribution in [2.24, 2.45) is 5.92 Å². The van der Waals surface area contributed by atoms with E-state index in [2.05, 4.69) is 18.3 Å². The van der Waals surface area contributed by atoms with Crippen molar-refractivity contribution in [3.63, 3.8) is 0 Å². The number of rotatable bonds is 5. The van der Waals surface area contributed by atoms with Gasteiger partial charge in [0.05, 0.1) is 5.02 Å². The number of aryl methyl sites for hydroxylation is 1. The summed E-state index contributed by atoms with van der Waals surface area (Å²) in [4.78, 5) is 0. The number of nitrogens with one attached hydrogen (secondary N) is 1. The second-order valence-corrected chi connectivity index (χ2v) is 6.36. The van der Waals surface area contributed by atoms with Crippen molar-refractivity contribution >= 4 is 11.6 Å². The Morgan fingerprint density at radius 2 is 2.15 bits per heavy atom. The first kappa shape index (κ1) is 15.7. The van der Waals surface area contributed by atoms with Gasteiger partial charge in [0.2, 0.25) is 0 Å². The zero-order chi connectivity index (χ0) is 14.5. The predicted molar refractivity (Wildman–Crippen MR) is 85.7 cm³/mol. The zero-order valence-corrected chi connectivity index (χ0v) is 13.5. The van der Waals surface area contributed by atoms with E-state index in [0.29, 0.717) is 6.04 Å². The average molecular weight is 296 g/mol. The first-order valence-electron chi connectivity index (χ1n) is 7.74. The molecule has 0 aromatic heterocycles. The van der Waals surface area contributed by atoms with Gasteiger partial charge in [0, 0.05) is 6.04 Å². The van der Waals surface area contributed by atoms with Crippen LogP contribution in [-0.2, 0) is 0 Å². The van der Waals surface area contributed by atoms with E-state index in [9.17, 15) is 0 Å². The molecule has 2 nitrogen and oxygen atoms in total. The lowest BCUT2D eigenvalue weighted by atomic mass is 9.81. The fourth-order valence-corrected chi connectivity index (χ4v) is 3.49. The maximum Gasteiger partial charge on any atom is 0.138 e.